The van der Waals surface area contributed by atoms with Crippen molar-refractivity contribution in [2.45, 2.75) is 25.9 Å². The number of amides is 2. The SMILES string of the molecule is CO[C@@H]1CCN(C(=O)c2cncc(C)c2)C[C@H]1CC(N)=O. The zero-order valence-electron chi connectivity index (χ0n) is 12.4. The molecule has 0 aliphatic carbocycles. The summed E-state index contributed by atoms with van der Waals surface area (Å²) in [4.78, 5) is 29.5. The van der Waals surface area contributed by atoms with Crippen molar-refractivity contribution in [3.05, 3.63) is 29.6 Å². The van der Waals surface area contributed by atoms with Gasteiger partial charge in [-0.1, -0.05) is 0 Å². The Morgan fingerprint density at radius 1 is 1.48 bits per heavy atom. The molecule has 2 rings (SSSR count). The summed E-state index contributed by atoms with van der Waals surface area (Å²) in [5.41, 5.74) is 6.80. The second-order valence-corrected chi connectivity index (χ2v) is 5.50. The first-order chi connectivity index (χ1) is 10.0. The van der Waals surface area contributed by atoms with Crippen molar-refractivity contribution in [1.29, 1.82) is 0 Å². The van der Waals surface area contributed by atoms with Crippen LogP contribution in [0.2, 0.25) is 0 Å². The number of aromatic nitrogens is 1. The summed E-state index contributed by atoms with van der Waals surface area (Å²) in [6.45, 7) is 2.99. The van der Waals surface area contributed by atoms with Gasteiger partial charge >= 0.3 is 0 Å². The summed E-state index contributed by atoms with van der Waals surface area (Å²) in [6, 6.07) is 1.82. The normalized spacial score (nSPS) is 22.1. The lowest BCUT2D eigenvalue weighted by Gasteiger charge is -2.37. The first-order valence-corrected chi connectivity index (χ1v) is 7.03. The van der Waals surface area contributed by atoms with Crippen molar-refractivity contribution in [3.63, 3.8) is 0 Å². The predicted molar refractivity (Wildman–Crippen MR) is 77.6 cm³/mol. The smallest absolute Gasteiger partial charge is 0.255 e. The molecule has 0 radical (unpaired) electrons. The van der Waals surface area contributed by atoms with Crippen LogP contribution in [0.3, 0.4) is 0 Å². The van der Waals surface area contributed by atoms with Crippen LogP contribution in [-0.2, 0) is 9.53 Å². The molecule has 1 fully saturated rings. The van der Waals surface area contributed by atoms with Gasteiger partial charge in [0.25, 0.3) is 5.91 Å². The van der Waals surface area contributed by atoms with Crippen molar-refractivity contribution in [2.75, 3.05) is 20.2 Å². The number of likely N-dealkylation sites (tertiary alicyclic amines) is 1. The molecular formula is C15H21N3O3. The van der Waals surface area contributed by atoms with Gasteiger partial charge in [-0.05, 0) is 25.0 Å². The molecule has 2 N–H and O–H groups in total. The molecular weight excluding hydrogens is 270 g/mol. The van der Waals surface area contributed by atoms with Gasteiger partial charge in [-0.25, -0.2) is 0 Å². The van der Waals surface area contributed by atoms with Gasteiger partial charge in [-0.15, -0.1) is 0 Å². The van der Waals surface area contributed by atoms with E-state index in [2.05, 4.69) is 4.98 Å². The molecule has 1 aromatic heterocycles. The Morgan fingerprint density at radius 2 is 2.24 bits per heavy atom. The van der Waals surface area contributed by atoms with Gasteiger partial charge in [0.1, 0.15) is 0 Å². The number of carbonyl (C=O) groups is 2. The van der Waals surface area contributed by atoms with Gasteiger partial charge in [0.2, 0.25) is 5.91 Å². The molecule has 0 bridgehead atoms. The number of piperidine rings is 1. The third-order valence-electron chi connectivity index (χ3n) is 3.84. The molecule has 2 heterocycles. The Balaban J connectivity index is 2.10. The number of hydrogen-bond acceptors (Lipinski definition) is 4. The van der Waals surface area contributed by atoms with E-state index in [0.717, 1.165) is 5.56 Å². The average Bonchev–Trinajstić information content (AvgIpc) is 2.46. The number of rotatable bonds is 4. The van der Waals surface area contributed by atoms with Crippen LogP contribution in [0.5, 0.6) is 0 Å². The monoisotopic (exact) mass is 291 g/mol. The zero-order chi connectivity index (χ0) is 15.4. The number of carbonyl (C=O) groups excluding carboxylic acids is 2. The number of aryl methyl sites for hydroxylation is 1. The van der Waals surface area contributed by atoms with Gasteiger partial charge in [0, 0.05) is 44.9 Å². The second kappa shape index (κ2) is 6.67. The molecule has 1 aliphatic heterocycles. The van der Waals surface area contributed by atoms with Crippen LogP contribution >= 0.6 is 0 Å². The van der Waals surface area contributed by atoms with Crippen molar-refractivity contribution in [2.24, 2.45) is 11.7 Å². The fourth-order valence-electron chi connectivity index (χ4n) is 2.81. The van der Waals surface area contributed by atoms with Crippen LogP contribution < -0.4 is 5.73 Å². The molecule has 0 spiro atoms. The van der Waals surface area contributed by atoms with Gasteiger partial charge in [-0.2, -0.15) is 0 Å². The minimum absolute atomic E-state index is 0.0304. The summed E-state index contributed by atoms with van der Waals surface area (Å²) < 4.78 is 5.40. The molecule has 2 atom stereocenters. The van der Waals surface area contributed by atoms with Crippen LogP contribution in [-0.4, -0.2) is 48.0 Å². The van der Waals surface area contributed by atoms with Crippen LogP contribution in [0.25, 0.3) is 0 Å². The summed E-state index contributed by atoms with van der Waals surface area (Å²) in [7, 11) is 1.63. The number of pyridine rings is 1. The van der Waals surface area contributed by atoms with E-state index >= 15 is 0 Å². The third kappa shape index (κ3) is 3.78. The Labute approximate surface area is 124 Å². The van der Waals surface area contributed by atoms with Crippen molar-refractivity contribution in [1.82, 2.24) is 9.88 Å². The maximum absolute atomic E-state index is 12.5. The van der Waals surface area contributed by atoms with Crippen LogP contribution in [0.4, 0.5) is 0 Å². The van der Waals surface area contributed by atoms with E-state index in [1.54, 1.807) is 24.4 Å². The van der Waals surface area contributed by atoms with Crippen LogP contribution in [0.15, 0.2) is 18.5 Å². The van der Waals surface area contributed by atoms with Gasteiger partial charge in [-0.3, -0.25) is 14.6 Å². The molecule has 1 aliphatic rings. The van der Waals surface area contributed by atoms with Gasteiger partial charge in [0.05, 0.1) is 11.7 Å². The largest absolute Gasteiger partial charge is 0.381 e. The lowest BCUT2D eigenvalue weighted by atomic mass is 9.91. The lowest BCUT2D eigenvalue weighted by molar-refractivity contribution is -0.121. The number of nitrogens with two attached hydrogens (primary N) is 1. The standard InChI is InChI=1S/C15H21N3O3/c1-10-5-11(8-17-7-10)15(20)18-4-3-13(21-2)12(9-18)6-14(16)19/h5,7-8,12-13H,3-4,6,9H2,1-2H3,(H2,16,19)/t12-,13-/m1/s1. The Bertz CT molecular complexity index is 533. The number of ether oxygens (including phenoxy) is 1. The summed E-state index contributed by atoms with van der Waals surface area (Å²) in [5, 5.41) is 0. The highest BCUT2D eigenvalue weighted by atomic mass is 16.5. The Kier molecular flexibility index (Phi) is 4.90. The second-order valence-electron chi connectivity index (χ2n) is 5.50. The molecule has 0 saturated carbocycles. The minimum Gasteiger partial charge on any atom is -0.381 e. The van der Waals surface area contributed by atoms with Crippen LogP contribution in [0, 0.1) is 12.8 Å². The third-order valence-corrected chi connectivity index (χ3v) is 3.84. The van der Waals surface area contributed by atoms with Crippen molar-refractivity contribution in [3.8, 4) is 0 Å². The quantitative estimate of drug-likeness (QED) is 0.886. The highest BCUT2D eigenvalue weighted by Crippen LogP contribution is 2.24. The summed E-state index contributed by atoms with van der Waals surface area (Å²) >= 11 is 0. The molecule has 114 valence electrons. The topological polar surface area (TPSA) is 85.5 Å². The van der Waals surface area contributed by atoms with Gasteiger partial charge in [0.15, 0.2) is 0 Å². The van der Waals surface area contributed by atoms with Crippen molar-refractivity contribution < 1.29 is 14.3 Å². The van der Waals surface area contributed by atoms with E-state index in [9.17, 15) is 9.59 Å². The Morgan fingerprint density at radius 3 is 2.86 bits per heavy atom. The average molecular weight is 291 g/mol. The number of primary amides is 1. The highest BCUT2D eigenvalue weighted by Gasteiger charge is 2.32. The molecule has 1 aromatic rings. The number of nitrogens with zero attached hydrogens (tertiary/aromatic N) is 2. The van der Waals surface area contributed by atoms with E-state index in [1.807, 2.05) is 13.0 Å². The first kappa shape index (κ1) is 15.4. The molecule has 21 heavy (non-hydrogen) atoms. The van der Waals surface area contributed by atoms with Crippen LogP contribution in [0.1, 0.15) is 28.8 Å². The molecule has 0 unspecified atom stereocenters. The molecule has 6 heteroatoms. The maximum atomic E-state index is 12.5. The number of methoxy groups -OCH3 is 1. The van der Waals surface area contributed by atoms with E-state index in [4.69, 9.17) is 10.5 Å². The summed E-state index contributed by atoms with van der Waals surface area (Å²) in [5.74, 6) is -0.480. The minimum atomic E-state index is -0.367. The lowest BCUT2D eigenvalue weighted by Crippen LogP contribution is -2.47. The zero-order valence-corrected chi connectivity index (χ0v) is 12.4. The van der Waals surface area contributed by atoms with Crippen molar-refractivity contribution >= 4 is 11.8 Å². The van der Waals surface area contributed by atoms with E-state index in [-0.39, 0.29) is 30.3 Å². The highest BCUT2D eigenvalue weighted by molar-refractivity contribution is 5.94. The Hall–Kier alpha value is -1.95. The fourth-order valence-corrected chi connectivity index (χ4v) is 2.81. The molecule has 0 aromatic carbocycles. The summed E-state index contributed by atoms with van der Waals surface area (Å²) in [6.07, 6.45) is 4.19. The fraction of sp³-hybridized carbons (Fsp3) is 0.533. The van der Waals surface area contributed by atoms with E-state index < -0.39 is 0 Å². The first-order valence-electron chi connectivity index (χ1n) is 7.03. The predicted octanol–water partition coefficient (Wildman–Crippen LogP) is 0.743. The maximum Gasteiger partial charge on any atom is 0.255 e. The van der Waals surface area contributed by atoms with E-state index in [0.29, 0.717) is 25.1 Å². The van der Waals surface area contributed by atoms with E-state index in [1.165, 1.54) is 0 Å². The van der Waals surface area contributed by atoms with Gasteiger partial charge < -0.3 is 15.4 Å². The number of hydrogen-bond donors (Lipinski definition) is 1. The molecule has 2 amide bonds. The molecule has 6 nitrogen and oxygen atoms in total. The molecule has 1 saturated heterocycles.